The zero-order chi connectivity index (χ0) is 16.2. The molecule has 2 aromatic rings. The van der Waals surface area contributed by atoms with Gasteiger partial charge in [-0.05, 0) is 38.2 Å². The molecule has 0 amide bonds. The Morgan fingerprint density at radius 2 is 2.00 bits per heavy atom. The lowest BCUT2D eigenvalue weighted by atomic mass is 10.2. The van der Waals surface area contributed by atoms with Crippen LogP contribution in [0, 0.1) is 0 Å². The van der Waals surface area contributed by atoms with Crippen molar-refractivity contribution in [3.63, 3.8) is 0 Å². The predicted molar refractivity (Wildman–Crippen MR) is 88.9 cm³/mol. The van der Waals surface area contributed by atoms with Gasteiger partial charge >= 0.3 is 0 Å². The number of aromatic nitrogens is 3. The molecule has 6 nitrogen and oxygen atoms in total. The number of hydrogen-bond acceptors (Lipinski definition) is 5. The van der Waals surface area contributed by atoms with E-state index in [2.05, 4.69) is 9.88 Å². The maximum atomic E-state index is 12.4. The van der Waals surface area contributed by atoms with E-state index in [4.69, 9.17) is 4.98 Å². The molecule has 0 N–H and O–H groups in total. The van der Waals surface area contributed by atoms with Crippen LogP contribution in [0.3, 0.4) is 0 Å². The van der Waals surface area contributed by atoms with Gasteiger partial charge in [-0.3, -0.25) is 19.2 Å². The molecule has 0 spiro atoms. The average Bonchev–Trinajstić information content (AvgIpc) is 2.70. The van der Waals surface area contributed by atoms with Crippen LogP contribution in [-0.2, 0) is 26.2 Å². The van der Waals surface area contributed by atoms with Gasteiger partial charge in [0, 0.05) is 44.6 Å². The number of fused-ring (bicyclic) bond motifs is 1. The summed E-state index contributed by atoms with van der Waals surface area (Å²) in [5.74, 6) is 0.876. The zero-order valence-corrected chi connectivity index (χ0v) is 13.8. The minimum absolute atomic E-state index is 0.0672. The van der Waals surface area contributed by atoms with Crippen LogP contribution in [0.1, 0.15) is 23.5 Å². The summed E-state index contributed by atoms with van der Waals surface area (Å²) in [6, 6.07) is 5.74. The highest BCUT2D eigenvalue weighted by Gasteiger charge is 2.17. The molecule has 23 heavy (non-hydrogen) atoms. The normalized spacial score (nSPS) is 15.4. The number of nitrogens with zero attached hydrogens (tertiary/aromatic N) is 5. The number of rotatable bonds is 4. The van der Waals surface area contributed by atoms with E-state index in [0.717, 1.165) is 37.6 Å². The second-order valence-corrected chi connectivity index (χ2v) is 6.31. The van der Waals surface area contributed by atoms with Crippen molar-refractivity contribution in [3.8, 4) is 0 Å². The Hall–Kier alpha value is -2.05. The molecule has 122 valence electrons. The van der Waals surface area contributed by atoms with Crippen LogP contribution in [0.4, 0.5) is 0 Å². The fraction of sp³-hybridized carbons (Fsp3) is 0.471. The van der Waals surface area contributed by atoms with Crippen molar-refractivity contribution in [1.29, 1.82) is 0 Å². The van der Waals surface area contributed by atoms with E-state index in [1.54, 1.807) is 6.07 Å². The lowest BCUT2D eigenvalue weighted by Gasteiger charge is -2.20. The third kappa shape index (κ3) is 4.03. The van der Waals surface area contributed by atoms with E-state index in [9.17, 15) is 4.79 Å². The Morgan fingerprint density at radius 3 is 2.74 bits per heavy atom. The van der Waals surface area contributed by atoms with Gasteiger partial charge in [-0.2, -0.15) is 0 Å². The van der Waals surface area contributed by atoms with E-state index >= 15 is 0 Å². The van der Waals surface area contributed by atoms with Crippen LogP contribution >= 0.6 is 0 Å². The summed E-state index contributed by atoms with van der Waals surface area (Å²) in [6.07, 6.45) is 4.60. The molecule has 0 unspecified atom stereocenters. The fourth-order valence-corrected chi connectivity index (χ4v) is 2.98. The van der Waals surface area contributed by atoms with Crippen LogP contribution in [0.5, 0.6) is 0 Å². The number of hydrogen-bond donors (Lipinski definition) is 0. The first kappa shape index (κ1) is 15.8. The Morgan fingerprint density at radius 1 is 1.22 bits per heavy atom. The van der Waals surface area contributed by atoms with Crippen molar-refractivity contribution in [2.45, 2.75) is 32.6 Å². The molecular weight excluding hydrogens is 290 g/mol. The topological polar surface area (TPSA) is 54.3 Å². The second-order valence-electron chi connectivity index (χ2n) is 6.31. The highest BCUT2D eigenvalue weighted by atomic mass is 16.1. The van der Waals surface area contributed by atoms with Crippen LogP contribution < -0.4 is 5.56 Å². The van der Waals surface area contributed by atoms with Crippen molar-refractivity contribution < 1.29 is 0 Å². The van der Waals surface area contributed by atoms with Gasteiger partial charge in [-0.25, -0.2) is 4.98 Å². The molecule has 0 fully saturated rings. The summed E-state index contributed by atoms with van der Waals surface area (Å²) >= 11 is 0. The highest BCUT2D eigenvalue weighted by molar-refractivity contribution is 5.10. The van der Waals surface area contributed by atoms with E-state index in [0.29, 0.717) is 13.1 Å². The standard InChI is InChI=1S/C17H23N5O/c1-20(2)12-15-10-17(23)22-9-3-8-21(13-16(22)19-15)11-14-4-6-18-7-5-14/h4-7,10H,3,8-9,11-13H2,1-2H3. The molecule has 0 saturated heterocycles. The summed E-state index contributed by atoms with van der Waals surface area (Å²) in [6.45, 7) is 3.97. The third-order valence-electron chi connectivity index (χ3n) is 4.00. The predicted octanol–water partition coefficient (Wildman–Crippen LogP) is 1.11. The molecular formula is C17H23N5O. The summed E-state index contributed by atoms with van der Waals surface area (Å²) in [5.41, 5.74) is 2.15. The molecule has 0 aliphatic carbocycles. The van der Waals surface area contributed by atoms with Crippen LogP contribution in [0.2, 0.25) is 0 Å². The largest absolute Gasteiger partial charge is 0.304 e. The van der Waals surface area contributed by atoms with Crippen molar-refractivity contribution in [2.75, 3.05) is 20.6 Å². The van der Waals surface area contributed by atoms with Crippen LogP contribution in [-0.4, -0.2) is 45.0 Å². The molecule has 6 heteroatoms. The average molecular weight is 313 g/mol. The van der Waals surface area contributed by atoms with Gasteiger partial charge in [0.2, 0.25) is 0 Å². The molecule has 0 aromatic carbocycles. The van der Waals surface area contributed by atoms with Crippen molar-refractivity contribution in [2.24, 2.45) is 0 Å². The van der Waals surface area contributed by atoms with E-state index in [1.165, 1.54) is 5.56 Å². The van der Waals surface area contributed by atoms with Gasteiger partial charge in [0.15, 0.2) is 0 Å². The highest BCUT2D eigenvalue weighted by Crippen LogP contribution is 2.13. The molecule has 2 aromatic heterocycles. The first-order valence-electron chi connectivity index (χ1n) is 7.97. The lowest BCUT2D eigenvalue weighted by molar-refractivity contribution is 0.257. The summed E-state index contributed by atoms with van der Waals surface area (Å²) in [7, 11) is 3.97. The maximum Gasteiger partial charge on any atom is 0.253 e. The molecule has 0 saturated carbocycles. The molecule has 0 atom stereocenters. The van der Waals surface area contributed by atoms with E-state index < -0.39 is 0 Å². The second kappa shape index (κ2) is 7.02. The Balaban J connectivity index is 1.83. The van der Waals surface area contributed by atoms with Gasteiger partial charge < -0.3 is 4.90 Å². The van der Waals surface area contributed by atoms with Gasteiger partial charge in [0.05, 0.1) is 12.2 Å². The molecule has 3 rings (SSSR count). The maximum absolute atomic E-state index is 12.4. The van der Waals surface area contributed by atoms with Crippen molar-refractivity contribution in [1.82, 2.24) is 24.3 Å². The monoisotopic (exact) mass is 313 g/mol. The van der Waals surface area contributed by atoms with Crippen molar-refractivity contribution >= 4 is 0 Å². The number of pyridine rings is 1. The van der Waals surface area contributed by atoms with Crippen LogP contribution in [0.25, 0.3) is 0 Å². The minimum atomic E-state index is 0.0672. The Labute approximate surface area is 136 Å². The summed E-state index contributed by atoms with van der Waals surface area (Å²) in [5, 5.41) is 0. The zero-order valence-electron chi connectivity index (χ0n) is 13.8. The smallest absolute Gasteiger partial charge is 0.253 e. The summed E-state index contributed by atoms with van der Waals surface area (Å²) < 4.78 is 1.83. The van der Waals surface area contributed by atoms with E-state index in [-0.39, 0.29) is 5.56 Å². The Bertz CT molecular complexity index is 711. The lowest BCUT2D eigenvalue weighted by Crippen LogP contribution is -2.28. The quantitative estimate of drug-likeness (QED) is 0.846. The SMILES string of the molecule is CN(C)Cc1cc(=O)n2c(n1)CN(Cc1ccncc1)CCC2. The minimum Gasteiger partial charge on any atom is -0.304 e. The van der Waals surface area contributed by atoms with Gasteiger partial charge in [0.25, 0.3) is 5.56 Å². The van der Waals surface area contributed by atoms with Gasteiger partial charge in [-0.15, -0.1) is 0 Å². The molecule has 1 aliphatic heterocycles. The van der Waals surface area contributed by atoms with Gasteiger partial charge in [0.1, 0.15) is 5.82 Å². The summed E-state index contributed by atoms with van der Waals surface area (Å²) in [4.78, 5) is 25.5. The Kier molecular flexibility index (Phi) is 4.83. The molecule has 1 aliphatic rings. The van der Waals surface area contributed by atoms with Gasteiger partial charge in [-0.1, -0.05) is 0 Å². The van der Waals surface area contributed by atoms with E-state index in [1.807, 2.05) is 48.1 Å². The third-order valence-corrected chi connectivity index (χ3v) is 4.00. The first-order valence-corrected chi connectivity index (χ1v) is 7.97. The van der Waals surface area contributed by atoms with Crippen molar-refractivity contribution in [3.05, 3.63) is 58.0 Å². The molecule has 0 bridgehead atoms. The fourth-order valence-electron chi connectivity index (χ4n) is 2.98. The van der Waals surface area contributed by atoms with Crippen LogP contribution in [0.15, 0.2) is 35.4 Å². The first-order chi connectivity index (χ1) is 11.1. The molecule has 3 heterocycles. The molecule has 0 radical (unpaired) electrons.